The predicted octanol–water partition coefficient (Wildman–Crippen LogP) is 0.0703. The van der Waals surface area contributed by atoms with Crippen LogP contribution in [0.2, 0.25) is 0 Å². The zero-order chi connectivity index (χ0) is 15.8. The van der Waals surface area contributed by atoms with Crippen molar-refractivity contribution in [1.29, 1.82) is 0 Å². The maximum absolute atomic E-state index is 11.7. The second kappa shape index (κ2) is 5.29. The molecule has 0 bridgehead atoms. The molecular weight excluding hydrogens is 275 g/mol. The largest absolute Gasteiger partial charge is 0.492 e. The molecule has 0 aliphatic carbocycles. The van der Waals surface area contributed by atoms with Gasteiger partial charge < -0.3 is 14.4 Å². The summed E-state index contributed by atoms with van der Waals surface area (Å²) in [5.41, 5.74) is -1.48. The van der Waals surface area contributed by atoms with E-state index in [-0.39, 0.29) is 12.2 Å². The van der Waals surface area contributed by atoms with E-state index in [2.05, 4.69) is 10.2 Å². The molecule has 3 N–H and O–H groups in total. The van der Waals surface area contributed by atoms with Gasteiger partial charge in [0.1, 0.15) is 0 Å². The molecule has 0 saturated carbocycles. The van der Waals surface area contributed by atoms with Gasteiger partial charge in [0, 0.05) is 11.6 Å². The summed E-state index contributed by atoms with van der Waals surface area (Å²) in [5, 5.41) is 13.9. The van der Waals surface area contributed by atoms with Crippen LogP contribution >= 0.6 is 0 Å². The molecule has 1 fully saturated rings. The molecule has 0 atom stereocenters. The smallest absolute Gasteiger partial charge is 0.400 e. The number of hydrogen-bond acceptors (Lipinski definition) is 5. The van der Waals surface area contributed by atoms with Gasteiger partial charge in [-0.05, 0) is 33.2 Å². The number of H-pyrrole nitrogens is 2. The Balaban J connectivity index is 2.37. The van der Waals surface area contributed by atoms with E-state index in [1.54, 1.807) is 0 Å². The summed E-state index contributed by atoms with van der Waals surface area (Å²) in [7, 11) is -0.765. The molecule has 2 rings (SSSR count). The molecule has 0 spiro atoms. The van der Waals surface area contributed by atoms with Crippen molar-refractivity contribution < 1.29 is 14.4 Å². The van der Waals surface area contributed by atoms with Crippen molar-refractivity contribution in [2.24, 2.45) is 0 Å². The fraction of sp³-hybridized carbons (Fsp3) is 0.538. The molecule has 1 aromatic heterocycles. The maximum Gasteiger partial charge on any atom is 0.492 e. The molecule has 1 aliphatic heterocycles. The lowest BCUT2D eigenvalue weighted by atomic mass is 9.77. The highest BCUT2D eigenvalue weighted by Gasteiger charge is 2.52. The van der Waals surface area contributed by atoms with Gasteiger partial charge in [-0.2, -0.15) is 0 Å². The molecule has 1 aromatic rings. The van der Waals surface area contributed by atoms with Gasteiger partial charge in [0.15, 0.2) is 0 Å². The van der Waals surface area contributed by atoms with E-state index < -0.39 is 29.4 Å². The summed E-state index contributed by atoms with van der Waals surface area (Å²) >= 11 is 0. The number of aromatic amines is 2. The number of aliphatic hydroxyl groups excluding tert-OH is 1. The van der Waals surface area contributed by atoms with Gasteiger partial charge in [0.2, 0.25) is 0 Å². The normalized spacial score (nSPS) is 20.8. The van der Waals surface area contributed by atoms with Gasteiger partial charge >= 0.3 is 7.12 Å². The molecule has 0 aromatic carbocycles. The molecule has 114 valence electrons. The summed E-state index contributed by atoms with van der Waals surface area (Å²) in [5.74, 6) is 0. The minimum absolute atomic E-state index is 0.137. The van der Waals surface area contributed by atoms with Crippen LogP contribution in [0.1, 0.15) is 33.3 Å². The standard InChI is InChI=1S/C13H19BN2O5/c1-12(2)13(3,4)21-14(20-12)9(7-17)5-8-6-10(18)15-16-11(8)19/h5-6,17H,7H2,1-4H3,(H,15,18)(H,16,19). The van der Waals surface area contributed by atoms with Crippen molar-refractivity contribution in [3.05, 3.63) is 37.8 Å². The first-order valence-corrected chi connectivity index (χ1v) is 6.65. The number of nitrogens with one attached hydrogen (secondary N) is 2. The molecule has 21 heavy (non-hydrogen) atoms. The molecular formula is C13H19BN2O5. The van der Waals surface area contributed by atoms with E-state index in [1.807, 2.05) is 27.7 Å². The van der Waals surface area contributed by atoms with E-state index in [0.717, 1.165) is 6.07 Å². The third-order valence-electron chi connectivity index (χ3n) is 3.93. The Hall–Kier alpha value is -1.64. The van der Waals surface area contributed by atoms with Crippen LogP contribution < -0.4 is 11.1 Å². The van der Waals surface area contributed by atoms with Gasteiger partial charge in [-0.3, -0.25) is 19.8 Å². The van der Waals surface area contributed by atoms with E-state index in [0.29, 0.717) is 5.47 Å². The van der Waals surface area contributed by atoms with Crippen LogP contribution in [0, 0.1) is 0 Å². The van der Waals surface area contributed by atoms with Gasteiger partial charge in [0.05, 0.1) is 17.8 Å². The van der Waals surface area contributed by atoms with Gasteiger partial charge in [-0.15, -0.1) is 0 Å². The Bertz CT molecular complexity index is 658. The maximum atomic E-state index is 11.7. The highest BCUT2D eigenvalue weighted by molar-refractivity contribution is 6.55. The molecule has 0 unspecified atom stereocenters. The Morgan fingerprint density at radius 3 is 2.33 bits per heavy atom. The molecule has 1 aliphatic rings. The van der Waals surface area contributed by atoms with Crippen molar-refractivity contribution >= 4 is 13.2 Å². The van der Waals surface area contributed by atoms with Crippen molar-refractivity contribution in [1.82, 2.24) is 10.2 Å². The summed E-state index contributed by atoms with van der Waals surface area (Å²) in [6.45, 7) is 7.22. The summed E-state index contributed by atoms with van der Waals surface area (Å²) in [6.07, 6.45) is 1.41. The number of rotatable bonds is 3. The lowest BCUT2D eigenvalue weighted by Gasteiger charge is -2.32. The zero-order valence-corrected chi connectivity index (χ0v) is 12.5. The Morgan fingerprint density at radius 2 is 1.81 bits per heavy atom. The molecule has 7 nitrogen and oxygen atoms in total. The van der Waals surface area contributed by atoms with E-state index in [1.165, 1.54) is 6.08 Å². The van der Waals surface area contributed by atoms with Crippen LogP contribution in [0.25, 0.3) is 6.08 Å². The topological polar surface area (TPSA) is 104 Å². The minimum Gasteiger partial charge on any atom is -0.400 e. The lowest BCUT2D eigenvalue weighted by molar-refractivity contribution is 0.00578. The number of aliphatic hydroxyl groups is 1. The van der Waals surface area contributed by atoms with Gasteiger partial charge in [0.25, 0.3) is 11.1 Å². The fourth-order valence-electron chi connectivity index (χ4n) is 1.92. The summed E-state index contributed by atoms with van der Waals surface area (Å²) < 4.78 is 11.6. The average Bonchev–Trinajstić information content (AvgIpc) is 2.59. The van der Waals surface area contributed by atoms with Crippen LogP contribution in [0.3, 0.4) is 0 Å². The number of hydrogen-bond donors (Lipinski definition) is 3. The fourth-order valence-corrected chi connectivity index (χ4v) is 1.92. The zero-order valence-electron chi connectivity index (χ0n) is 12.5. The van der Waals surface area contributed by atoms with Crippen molar-refractivity contribution in [2.45, 2.75) is 38.9 Å². The van der Waals surface area contributed by atoms with Crippen LogP contribution in [0.5, 0.6) is 0 Å². The molecule has 2 heterocycles. The Morgan fingerprint density at radius 1 is 1.24 bits per heavy atom. The Labute approximate surface area is 122 Å². The van der Waals surface area contributed by atoms with E-state index in [4.69, 9.17) is 9.31 Å². The average molecular weight is 294 g/mol. The van der Waals surface area contributed by atoms with E-state index in [9.17, 15) is 14.7 Å². The second-order valence-electron chi connectivity index (χ2n) is 6.01. The van der Waals surface area contributed by atoms with Crippen LogP contribution in [-0.4, -0.2) is 40.2 Å². The predicted molar refractivity (Wildman–Crippen MR) is 78.8 cm³/mol. The monoisotopic (exact) mass is 294 g/mol. The SMILES string of the molecule is CC1(C)OB(C(=Cc2cc(=O)[nH][nH]c2=O)CO)OC1(C)C. The van der Waals surface area contributed by atoms with Crippen molar-refractivity contribution in [2.75, 3.05) is 6.61 Å². The van der Waals surface area contributed by atoms with Crippen molar-refractivity contribution in [3.8, 4) is 0 Å². The van der Waals surface area contributed by atoms with Gasteiger partial charge in [-0.1, -0.05) is 6.08 Å². The minimum atomic E-state index is -0.765. The van der Waals surface area contributed by atoms with Gasteiger partial charge in [-0.25, -0.2) is 0 Å². The Kier molecular flexibility index (Phi) is 3.96. The highest BCUT2D eigenvalue weighted by atomic mass is 16.7. The first-order valence-electron chi connectivity index (χ1n) is 6.65. The van der Waals surface area contributed by atoms with Crippen LogP contribution in [0.4, 0.5) is 0 Å². The first kappa shape index (κ1) is 15.7. The van der Waals surface area contributed by atoms with Crippen LogP contribution in [0.15, 0.2) is 21.1 Å². The summed E-state index contributed by atoms with van der Waals surface area (Å²) in [4.78, 5) is 22.9. The first-order chi connectivity index (χ1) is 9.66. The lowest BCUT2D eigenvalue weighted by Crippen LogP contribution is -2.41. The van der Waals surface area contributed by atoms with Crippen LogP contribution in [-0.2, 0) is 9.31 Å². The second-order valence-corrected chi connectivity index (χ2v) is 6.01. The molecule has 0 radical (unpaired) electrons. The number of aromatic nitrogens is 2. The summed E-state index contributed by atoms with van der Waals surface area (Å²) in [6, 6.07) is 1.15. The third kappa shape index (κ3) is 3.02. The van der Waals surface area contributed by atoms with E-state index >= 15 is 0 Å². The highest BCUT2D eigenvalue weighted by Crippen LogP contribution is 2.38. The molecule has 1 saturated heterocycles. The third-order valence-corrected chi connectivity index (χ3v) is 3.93. The van der Waals surface area contributed by atoms with Crippen molar-refractivity contribution in [3.63, 3.8) is 0 Å². The quantitative estimate of drug-likeness (QED) is 0.684. The molecule has 0 amide bonds. The molecule has 8 heteroatoms.